The van der Waals surface area contributed by atoms with E-state index in [-0.39, 0.29) is 65.9 Å². The molecule has 128 valence electrons. The van der Waals surface area contributed by atoms with Gasteiger partial charge in [0.2, 0.25) is 0 Å². The number of hydrogen-bond acceptors (Lipinski definition) is 6. The van der Waals surface area contributed by atoms with Gasteiger partial charge in [-0.05, 0) is 39.0 Å². The van der Waals surface area contributed by atoms with E-state index in [0.29, 0.717) is 0 Å². The van der Waals surface area contributed by atoms with Gasteiger partial charge in [-0.3, -0.25) is 14.4 Å². The first-order valence-corrected chi connectivity index (χ1v) is 5.96. The Morgan fingerprint density at radius 2 is 0.696 bits per heavy atom. The first-order chi connectivity index (χ1) is 9.38. The third-order valence-electron chi connectivity index (χ3n) is 1.22. The molecule has 0 amide bonds. The van der Waals surface area contributed by atoms with Gasteiger partial charge in [0.15, 0.2) is 17.3 Å². The maximum Gasteiger partial charge on any atom is 3.00 e. The van der Waals surface area contributed by atoms with Gasteiger partial charge in [-0.25, -0.2) is 0 Å². The summed E-state index contributed by atoms with van der Waals surface area (Å²) in [6, 6.07) is 0. The number of carbonyl (C=O) groups is 3. The van der Waals surface area contributed by atoms with E-state index < -0.39 is 0 Å². The Morgan fingerprint density at radius 1 is 0.565 bits per heavy atom. The van der Waals surface area contributed by atoms with E-state index >= 15 is 0 Å². The predicted octanol–water partition coefficient (Wildman–Crippen LogP) is -1.31. The summed E-state index contributed by atoms with van der Waals surface area (Å²) >= 11 is 0. The standard InChI is InChI=1S/3C5H8O2.H2O.Sc/c3*1-4(6)3-5(2)7;;/h3*3,6H,1-2H3;1H2;/q;;;;+3/p-3. The average molecular weight is 360 g/mol. The molecule has 0 aromatic heterocycles. The molecule has 0 saturated heterocycles. The molecule has 0 aliphatic rings. The third kappa shape index (κ3) is 63.7. The number of ketones is 3. The zero-order valence-electron chi connectivity index (χ0n) is 14.3. The maximum atomic E-state index is 9.98. The van der Waals surface area contributed by atoms with E-state index in [0.717, 1.165) is 18.2 Å². The number of rotatable bonds is 3. The molecule has 0 unspecified atom stereocenters. The summed E-state index contributed by atoms with van der Waals surface area (Å²) in [6.45, 7) is 8.09. The number of allylic oxidation sites excluding steroid dienone is 6. The Morgan fingerprint density at radius 3 is 0.696 bits per heavy atom. The van der Waals surface area contributed by atoms with E-state index in [1.54, 1.807) is 0 Å². The van der Waals surface area contributed by atoms with Gasteiger partial charge in [0.1, 0.15) is 0 Å². The summed E-state index contributed by atoms with van der Waals surface area (Å²) in [5, 5.41) is 29.9. The minimum absolute atomic E-state index is 0. The summed E-state index contributed by atoms with van der Waals surface area (Å²) in [5.41, 5.74) is 0. The zero-order chi connectivity index (χ0) is 17.6. The smallest absolute Gasteiger partial charge is 0.876 e. The van der Waals surface area contributed by atoms with E-state index in [2.05, 4.69) is 0 Å². The van der Waals surface area contributed by atoms with Crippen molar-refractivity contribution in [2.45, 2.75) is 41.5 Å². The Bertz CT molecular complexity index is 370. The Kier molecular flexibility index (Phi) is 29.5. The third-order valence-corrected chi connectivity index (χ3v) is 1.22. The number of carbonyl (C=O) groups excluding carboxylic acids is 3. The molecule has 0 aromatic rings. The van der Waals surface area contributed by atoms with E-state index in [1.165, 1.54) is 41.5 Å². The van der Waals surface area contributed by atoms with Gasteiger partial charge in [-0.15, -0.1) is 17.3 Å². The van der Waals surface area contributed by atoms with Crippen LogP contribution in [0.25, 0.3) is 0 Å². The van der Waals surface area contributed by atoms with Crippen molar-refractivity contribution >= 4 is 17.3 Å². The number of hydrogen-bond donors (Lipinski definition) is 0. The second-order valence-electron chi connectivity index (χ2n) is 4.10. The fourth-order valence-electron chi connectivity index (χ4n) is 0.859. The summed E-state index contributed by atoms with van der Waals surface area (Å²) in [7, 11) is 0. The molecule has 7 nitrogen and oxygen atoms in total. The van der Waals surface area contributed by atoms with E-state index in [4.69, 9.17) is 0 Å². The Hall–Kier alpha value is -1.54. The van der Waals surface area contributed by atoms with Crippen LogP contribution < -0.4 is 15.3 Å². The van der Waals surface area contributed by atoms with Crippen molar-refractivity contribution in [2.75, 3.05) is 0 Å². The maximum absolute atomic E-state index is 9.98. The molecule has 0 saturated carbocycles. The first-order valence-electron chi connectivity index (χ1n) is 5.96. The van der Waals surface area contributed by atoms with Crippen molar-refractivity contribution < 1.29 is 61.0 Å². The quantitative estimate of drug-likeness (QED) is 0.450. The van der Waals surface area contributed by atoms with Crippen LogP contribution in [0, 0.1) is 0 Å². The molecule has 0 heterocycles. The van der Waals surface area contributed by atoms with Crippen molar-refractivity contribution in [1.29, 1.82) is 0 Å². The molecule has 0 rings (SSSR count). The molecule has 0 aliphatic carbocycles. The van der Waals surface area contributed by atoms with Crippen LogP contribution in [0.5, 0.6) is 0 Å². The molecule has 0 radical (unpaired) electrons. The molecule has 0 spiro atoms. The van der Waals surface area contributed by atoms with Crippen molar-refractivity contribution in [3.05, 3.63) is 35.5 Å². The van der Waals surface area contributed by atoms with Gasteiger partial charge >= 0.3 is 25.8 Å². The second kappa shape index (κ2) is 20.5. The fourth-order valence-corrected chi connectivity index (χ4v) is 0.859. The van der Waals surface area contributed by atoms with Gasteiger partial charge in [-0.1, -0.05) is 20.8 Å². The zero-order valence-corrected chi connectivity index (χ0v) is 16.1. The SMILES string of the molecule is CC(=O)C=C(C)[O-].CC(=O)C=C(C)[O-].CC(=O)C=C(C)[O-].O.[Sc+3]. The van der Waals surface area contributed by atoms with E-state index in [9.17, 15) is 29.7 Å². The first kappa shape index (κ1) is 33.2. The monoisotopic (exact) mass is 360 g/mol. The van der Waals surface area contributed by atoms with Crippen LogP contribution in [-0.2, 0) is 40.2 Å². The molecule has 0 aromatic carbocycles. The van der Waals surface area contributed by atoms with Gasteiger partial charge < -0.3 is 20.8 Å². The summed E-state index contributed by atoms with van der Waals surface area (Å²) in [6.07, 6.45) is 3.17. The van der Waals surface area contributed by atoms with Crippen LogP contribution in [0.3, 0.4) is 0 Å². The van der Waals surface area contributed by atoms with Crippen molar-refractivity contribution in [3.63, 3.8) is 0 Å². The van der Waals surface area contributed by atoms with Crippen LogP contribution in [0.2, 0.25) is 0 Å². The molecule has 0 aliphatic heterocycles. The molecule has 0 fully saturated rings. The molecular formula is C15H23O7Sc. The minimum Gasteiger partial charge on any atom is -0.876 e. The summed E-state index contributed by atoms with van der Waals surface area (Å²) in [4.78, 5) is 29.9. The topological polar surface area (TPSA) is 152 Å². The van der Waals surface area contributed by atoms with E-state index in [1.807, 2.05) is 0 Å². The molecular weight excluding hydrogens is 337 g/mol. The largest absolute Gasteiger partial charge is 3.00 e. The van der Waals surface area contributed by atoms with Gasteiger partial charge in [0.25, 0.3) is 0 Å². The molecule has 23 heavy (non-hydrogen) atoms. The molecule has 8 heteroatoms. The summed E-state index contributed by atoms with van der Waals surface area (Å²) < 4.78 is 0. The van der Waals surface area contributed by atoms with Crippen LogP contribution >= 0.6 is 0 Å². The molecule has 2 N–H and O–H groups in total. The Labute approximate surface area is 155 Å². The normalized spacial score (nSPS) is 10.4. The van der Waals surface area contributed by atoms with Crippen LogP contribution in [0.15, 0.2) is 35.5 Å². The predicted molar refractivity (Wildman–Crippen MR) is 76.9 cm³/mol. The van der Waals surface area contributed by atoms with Crippen molar-refractivity contribution in [3.8, 4) is 0 Å². The van der Waals surface area contributed by atoms with Crippen molar-refractivity contribution in [1.82, 2.24) is 0 Å². The molecule has 0 atom stereocenters. The summed E-state index contributed by atoms with van der Waals surface area (Å²) in [5.74, 6) is -1.12. The van der Waals surface area contributed by atoms with Crippen LogP contribution in [0.1, 0.15) is 41.5 Å². The molecule has 0 bridgehead atoms. The van der Waals surface area contributed by atoms with Gasteiger partial charge in [0, 0.05) is 0 Å². The van der Waals surface area contributed by atoms with Gasteiger partial charge in [-0.2, -0.15) is 0 Å². The van der Waals surface area contributed by atoms with Crippen molar-refractivity contribution in [2.24, 2.45) is 0 Å². The van der Waals surface area contributed by atoms with Gasteiger partial charge in [0.05, 0.1) is 0 Å². The minimum atomic E-state index is -0.187. The fraction of sp³-hybridized carbons (Fsp3) is 0.400. The average Bonchev–Trinajstić information content (AvgIpc) is 2.10. The van der Waals surface area contributed by atoms with Crippen LogP contribution in [-0.4, -0.2) is 22.8 Å². The Balaban J connectivity index is -0.0000000675. The second-order valence-corrected chi connectivity index (χ2v) is 4.10. The van der Waals surface area contributed by atoms with Crippen LogP contribution in [0.4, 0.5) is 0 Å².